The molecule has 5 aromatic rings. The molecule has 0 spiro atoms. The number of pyridine rings is 1. The maximum absolute atomic E-state index is 14.9. The summed E-state index contributed by atoms with van der Waals surface area (Å²) in [6.07, 6.45) is 1.44. The Morgan fingerprint density at radius 1 is 0.973 bits per heavy atom. The van der Waals surface area contributed by atoms with E-state index >= 15 is 0 Å². The molecule has 0 unspecified atom stereocenters. The average molecular weight is 497 g/mol. The molecule has 1 amide bonds. The van der Waals surface area contributed by atoms with E-state index in [1.165, 1.54) is 22.8 Å². The first-order valence-electron chi connectivity index (χ1n) is 11.3. The lowest BCUT2D eigenvalue weighted by atomic mass is 10.1. The van der Waals surface area contributed by atoms with Crippen LogP contribution < -0.4 is 10.9 Å². The fourth-order valence-corrected chi connectivity index (χ4v) is 3.93. The van der Waals surface area contributed by atoms with Crippen molar-refractivity contribution >= 4 is 28.7 Å². The van der Waals surface area contributed by atoms with Crippen LogP contribution in [-0.2, 0) is 17.8 Å². The van der Waals surface area contributed by atoms with E-state index in [2.05, 4.69) is 10.3 Å². The van der Waals surface area contributed by atoms with Gasteiger partial charge in [0.15, 0.2) is 5.58 Å². The van der Waals surface area contributed by atoms with Crippen LogP contribution in [0.3, 0.4) is 0 Å². The van der Waals surface area contributed by atoms with Crippen molar-refractivity contribution in [1.29, 1.82) is 0 Å². The maximum Gasteiger partial charge on any atom is 0.307 e. The first-order valence-corrected chi connectivity index (χ1v) is 11.3. The highest BCUT2D eigenvalue weighted by molar-refractivity contribution is 6.04. The highest BCUT2D eigenvalue weighted by atomic mass is 19.1. The number of amides is 1. The van der Waals surface area contributed by atoms with Gasteiger partial charge in [0.05, 0.1) is 18.7 Å². The number of hydrogen-bond donors (Lipinski definition) is 2. The zero-order valence-electron chi connectivity index (χ0n) is 19.3. The van der Waals surface area contributed by atoms with Crippen LogP contribution in [0.5, 0.6) is 0 Å². The van der Waals surface area contributed by atoms with Gasteiger partial charge in [0, 0.05) is 11.8 Å². The van der Waals surface area contributed by atoms with Crippen LogP contribution in [0.25, 0.3) is 22.6 Å². The highest BCUT2D eigenvalue weighted by Gasteiger charge is 2.17. The number of carbonyl (C=O) groups is 2. The van der Waals surface area contributed by atoms with E-state index in [4.69, 9.17) is 9.52 Å². The molecule has 8 nitrogen and oxygen atoms in total. The summed E-state index contributed by atoms with van der Waals surface area (Å²) in [5, 5.41) is 11.4. The number of nitrogens with zero attached hydrogens (tertiary/aromatic N) is 2. The number of benzene rings is 3. The van der Waals surface area contributed by atoms with E-state index in [9.17, 15) is 18.8 Å². The number of rotatable bonds is 7. The fraction of sp³-hybridized carbons (Fsp3) is 0.0714. The summed E-state index contributed by atoms with van der Waals surface area (Å²) in [6.45, 7) is 0.298. The summed E-state index contributed by atoms with van der Waals surface area (Å²) in [4.78, 5) is 40.9. The summed E-state index contributed by atoms with van der Waals surface area (Å²) in [5.41, 5.74) is 1.96. The Hall–Kier alpha value is -5.05. The molecule has 0 aliphatic heterocycles. The van der Waals surface area contributed by atoms with Crippen molar-refractivity contribution in [2.24, 2.45) is 0 Å². The fourth-order valence-electron chi connectivity index (χ4n) is 3.93. The van der Waals surface area contributed by atoms with Crippen molar-refractivity contribution in [3.05, 3.63) is 118 Å². The minimum Gasteiger partial charge on any atom is -0.481 e. The van der Waals surface area contributed by atoms with Gasteiger partial charge in [-0.2, -0.15) is 0 Å². The van der Waals surface area contributed by atoms with E-state index < -0.39 is 23.3 Å². The van der Waals surface area contributed by atoms with Crippen molar-refractivity contribution in [1.82, 2.24) is 9.55 Å². The van der Waals surface area contributed by atoms with Crippen LogP contribution in [0.2, 0.25) is 0 Å². The van der Waals surface area contributed by atoms with E-state index in [1.54, 1.807) is 30.5 Å². The van der Waals surface area contributed by atoms with E-state index in [0.717, 1.165) is 11.6 Å². The molecule has 2 N–H and O–H groups in total. The predicted octanol–water partition coefficient (Wildman–Crippen LogP) is 4.72. The number of aromatic nitrogens is 2. The van der Waals surface area contributed by atoms with Crippen LogP contribution in [-0.4, -0.2) is 26.5 Å². The summed E-state index contributed by atoms with van der Waals surface area (Å²) in [6, 6.07) is 21.2. The number of carbonyl (C=O) groups excluding carboxylic acids is 1. The van der Waals surface area contributed by atoms with Crippen molar-refractivity contribution in [2.75, 3.05) is 5.32 Å². The number of fused-ring (bicyclic) bond motifs is 1. The number of halogens is 1. The largest absolute Gasteiger partial charge is 0.481 e. The number of oxazole rings is 1. The monoisotopic (exact) mass is 497 g/mol. The number of anilines is 1. The molecular formula is C28H20FN3O5. The molecule has 5 rings (SSSR count). The zero-order chi connectivity index (χ0) is 25.9. The van der Waals surface area contributed by atoms with Gasteiger partial charge < -0.3 is 19.4 Å². The second-order valence-electron chi connectivity index (χ2n) is 8.38. The van der Waals surface area contributed by atoms with Crippen LogP contribution in [0, 0.1) is 5.82 Å². The topological polar surface area (TPSA) is 114 Å². The van der Waals surface area contributed by atoms with Crippen LogP contribution in [0.4, 0.5) is 10.1 Å². The molecule has 2 heterocycles. The zero-order valence-corrected chi connectivity index (χ0v) is 19.3. The van der Waals surface area contributed by atoms with Crippen molar-refractivity contribution in [3.63, 3.8) is 0 Å². The van der Waals surface area contributed by atoms with Gasteiger partial charge in [-0.3, -0.25) is 14.4 Å². The quantitative estimate of drug-likeness (QED) is 0.336. The smallest absolute Gasteiger partial charge is 0.307 e. The van der Waals surface area contributed by atoms with Crippen LogP contribution in [0.15, 0.2) is 94.3 Å². The van der Waals surface area contributed by atoms with E-state index in [0.29, 0.717) is 28.8 Å². The molecule has 3 aromatic carbocycles. The SMILES string of the molecule is O=C(O)Cc1ccc2oc(-c3ccc(NC(=O)c4cccn(Cc5ccccc5)c4=O)c(F)c3)nc2c1. The number of carboxylic acid groups (broad SMARTS) is 1. The molecule has 0 saturated carbocycles. The molecular weight excluding hydrogens is 477 g/mol. The molecule has 9 heteroatoms. The molecule has 0 fully saturated rings. The summed E-state index contributed by atoms with van der Waals surface area (Å²) in [7, 11) is 0. The summed E-state index contributed by atoms with van der Waals surface area (Å²) >= 11 is 0. The van der Waals surface area contributed by atoms with Gasteiger partial charge in [0.2, 0.25) is 5.89 Å². The molecule has 0 bridgehead atoms. The third-order valence-corrected chi connectivity index (χ3v) is 5.73. The number of hydrogen-bond acceptors (Lipinski definition) is 5. The molecule has 0 aliphatic rings. The van der Waals surface area contributed by atoms with Gasteiger partial charge in [-0.05, 0) is 53.6 Å². The van der Waals surface area contributed by atoms with Crippen molar-refractivity contribution in [3.8, 4) is 11.5 Å². The Morgan fingerprint density at radius 2 is 1.78 bits per heavy atom. The van der Waals surface area contributed by atoms with Gasteiger partial charge >= 0.3 is 5.97 Å². The summed E-state index contributed by atoms with van der Waals surface area (Å²) in [5.74, 6) is -2.29. The van der Waals surface area contributed by atoms with E-state index in [-0.39, 0.29) is 23.6 Å². The highest BCUT2D eigenvalue weighted by Crippen LogP contribution is 2.28. The van der Waals surface area contributed by atoms with Gasteiger partial charge in [-0.1, -0.05) is 36.4 Å². The minimum absolute atomic E-state index is 0.105. The van der Waals surface area contributed by atoms with Gasteiger partial charge in [-0.25, -0.2) is 9.37 Å². The number of nitrogens with one attached hydrogen (secondary N) is 1. The molecule has 0 atom stereocenters. The predicted molar refractivity (Wildman–Crippen MR) is 135 cm³/mol. The third-order valence-electron chi connectivity index (χ3n) is 5.73. The van der Waals surface area contributed by atoms with E-state index in [1.807, 2.05) is 30.3 Å². The molecule has 37 heavy (non-hydrogen) atoms. The molecule has 184 valence electrons. The standard InChI is InChI=1S/C28H20FN3O5/c29-21-15-19(27-31-23-13-18(14-25(33)34)8-11-24(23)37-27)9-10-22(21)30-26(35)20-7-4-12-32(28(20)36)16-17-5-2-1-3-6-17/h1-13,15H,14,16H2,(H,30,35)(H,33,34). The Bertz CT molecular complexity index is 1690. The number of carboxylic acids is 1. The lowest BCUT2D eigenvalue weighted by molar-refractivity contribution is -0.136. The Balaban J connectivity index is 1.35. The van der Waals surface area contributed by atoms with Crippen molar-refractivity contribution in [2.45, 2.75) is 13.0 Å². The Morgan fingerprint density at radius 3 is 2.54 bits per heavy atom. The summed E-state index contributed by atoms with van der Waals surface area (Å²) < 4.78 is 22.0. The average Bonchev–Trinajstić information content (AvgIpc) is 3.30. The first-order chi connectivity index (χ1) is 17.9. The minimum atomic E-state index is -0.964. The second-order valence-corrected chi connectivity index (χ2v) is 8.38. The maximum atomic E-state index is 14.9. The third kappa shape index (κ3) is 5.15. The Kier molecular flexibility index (Phi) is 6.34. The van der Waals surface area contributed by atoms with Crippen molar-refractivity contribution < 1.29 is 23.5 Å². The molecule has 2 aromatic heterocycles. The molecule has 0 aliphatic carbocycles. The Labute approximate surface area is 209 Å². The number of aliphatic carboxylic acids is 1. The van der Waals surface area contributed by atoms with Gasteiger partial charge in [0.1, 0.15) is 16.9 Å². The lowest BCUT2D eigenvalue weighted by Crippen LogP contribution is -2.29. The van der Waals surface area contributed by atoms with Gasteiger partial charge in [0.25, 0.3) is 11.5 Å². The van der Waals surface area contributed by atoms with Crippen LogP contribution in [0.1, 0.15) is 21.5 Å². The van der Waals surface area contributed by atoms with Gasteiger partial charge in [-0.15, -0.1) is 0 Å². The molecule has 0 saturated heterocycles. The van der Waals surface area contributed by atoms with Crippen LogP contribution >= 0.6 is 0 Å². The normalized spacial score (nSPS) is 10.9. The second kappa shape index (κ2) is 9.90. The lowest BCUT2D eigenvalue weighted by Gasteiger charge is -2.10. The molecule has 0 radical (unpaired) electrons. The first kappa shape index (κ1) is 23.7.